The van der Waals surface area contributed by atoms with Gasteiger partial charge >= 0.3 is 6.18 Å². The molecule has 0 saturated heterocycles. The molecule has 0 heterocycles. The van der Waals surface area contributed by atoms with Gasteiger partial charge < -0.3 is 0 Å². The Morgan fingerprint density at radius 1 is 1.17 bits per heavy atom. The first-order chi connectivity index (χ1) is 5.43. The van der Waals surface area contributed by atoms with Crippen LogP contribution in [0.3, 0.4) is 0 Å². The van der Waals surface area contributed by atoms with Gasteiger partial charge in [0.15, 0.2) is 0 Å². The Morgan fingerprint density at radius 3 is 1.92 bits per heavy atom. The Labute approximate surface area is 72.2 Å². The van der Waals surface area contributed by atoms with Crippen LogP contribution in [0.4, 0.5) is 13.2 Å². The lowest BCUT2D eigenvalue weighted by molar-refractivity contribution is -0.184. The lowest BCUT2D eigenvalue weighted by atomic mass is 9.87. The number of hydrogen-bond acceptors (Lipinski definition) is 0. The van der Waals surface area contributed by atoms with Crippen molar-refractivity contribution in [3.63, 3.8) is 0 Å². The van der Waals surface area contributed by atoms with Gasteiger partial charge in [0.2, 0.25) is 0 Å². The molecule has 0 amide bonds. The van der Waals surface area contributed by atoms with Crippen LogP contribution in [0.2, 0.25) is 0 Å². The molecule has 0 aromatic rings. The van der Waals surface area contributed by atoms with Crippen LogP contribution in [0.5, 0.6) is 0 Å². The summed E-state index contributed by atoms with van der Waals surface area (Å²) in [5.41, 5.74) is 0. The molecule has 12 heavy (non-hydrogen) atoms. The first-order valence-corrected chi connectivity index (χ1v) is 4.50. The maximum Gasteiger partial charge on any atom is 0.391 e. The highest BCUT2D eigenvalue weighted by Gasteiger charge is 2.39. The molecule has 74 valence electrons. The molecule has 0 aromatic heterocycles. The van der Waals surface area contributed by atoms with Crippen LogP contribution in [0.25, 0.3) is 0 Å². The summed E-state index contributed by atoms with van der Waals surface area (Å²) < 4.78 is 36.6. The van der Waals surface area contributed by atoms with Crippen molar-refractivity contribution in [1.29, 1.82) is 0 Å². The normalized spacial score (nSPS) is 17.5. The molecule has 2 unspecified atom stereocenters. The van der Waals surface area contributed by atoms with Crippen LogP contribution in [-0.2, 0) is 0 Å². The topological polar surface area (TPSA) is 0 Å². The van der Waals surface area contributed by atoms with Crippen molar-refractivity contribution in [2.75, 3.05) is 0 Å². The van der Waals surface area contributed by atoms with E-state index in [1.807, 2.05) is 13.8 Å². The zero-order chi connectivity index (χ0) is 9.78. The van der Waals surface area contributed by atoms with Gasteiger partial charge in [-0.25, -0.2) is 0 Å². The minimum absolute atomic E-state index is 0.199. The molecular weight excluding hydrogens is 165 g/mol. The highest BCUT2D eigenvalue weighted by atomic mass is 19.4. The van der Waals surface area contributed by atoms with Crippen molar-refractivity contribution in [2.45, 2.75) is 46.2 Å². The maximum absolute atomic E-state index is 12.2. The van der Waals surface area contributed by atoms with Crippen molar-refractivity contribution in [3.05, 3.63) is 0 Å². The smallest absolute Gasteiger partial charge is 0.171 e. The summed E-state index contributed by atoms with van der Waals surface area (Å²) in [5, 5.41) is 0. The fraction of sp³-hybridized carbons (Fsp3) is 1.00. The average molecular weight is 182 g/mol. The van der Waals surface area contributed by atoms with Gasteiger partial charge in [-0.3, -0.25) is 0 Å². The summed E-state index contributed by atoms with van der Waals surface area (Å²) in [6, 6.07) is 0. The summed E-state index contributed by atoms with van der Waals surface area (Å²) in [6.45, 7) is 5.03. The molecule has 0 aliphatic heterocycles. The number of rotatable bonds is 4. The first-order valence-electron chi connectivity index (χ1n) is 4.50. The van der Waals surface area contributed by atoms with E-state index in [4.69, 9.17) is 0 Å². The Balaban J connectivity index is 4.11. The fourth-order valence-electron chi connectivity index (χ4n) is 1.45. The van der Waals surface area contributed by atoms with Gasteiger partial charge in [0.05, 0.1) is 5.92 Å². The van der Waals surface area contributed by atoms with E-state index in [1.165, 1.54) is 6.92 Å². The lowest BCUT2D eigenvalue weighted by Crippen LogP contribution is -2.27. The summed E-state index contributed by atoms with van der Waals surface area (Å²) in [7, 11) is 0. The molecule has 0 radical (unpaired) electrons. The summed E-state index contributed by atoms with van der Waals surface area (Å²) in [4.78, 5) is 0. The highest BCUT2D eigenvalue weighted by Crippen LogP contribution is 2.35. The van der Waals surface area contributed by atoms with Gasteiger partial charge in [0, 0.05) is 0 Å². The molecule has 0 rings (SSSR count). The van der Waals surface area contributed by atoms with Crippen LogP contribution in [-0.4, -0.2) is 6.18 Å². The lowest BCUT2D eigenvalue weighted by Gasteiger charge is -2.24. The second kappa shape index (κ2) is 4.73. The fourth-order valence-corrected chi connectivity index (χ4v) is 1.45. The largest absolute Gasteiger partial charge is 0.391 e. The van der Waals surface area contributed by atoms with E-state index in [0.717, 1.165) is 6.42 Å². The quantitative estimate of drug-likeness (QED) is 0.616. The molecular formula is C9H17F3. The predicted molar refractivity (Wildman–Crippen MR) is 43.9 cm³/mol. The second-order valence-corrected chi connectivity index (χ2v) is 3.29. The van der Waals surface area contributed by atoms with E-state index in [-0.39, 0.29) is 5.92 Å². The molecule has 0 bridgehead atoms. The minimum Gasteiger partial charge on any atom is -0.171 e. The van der Waals surface area contributed by atoms with Crippen molar-refractivity contribution in [3.8, 4) is 0 Å². The van der Waals surface area contributed by atoms with E-state index in [0.29, 0.717) is 12.8 Å². The van der Waals surface area contributed by atoms with Gasteiger partial charge in [-0.2, -0.15) is 13.2 Å². The van der Waals surface area contributed by atoms with Gasteiger partial charge in [-0.1, -0.05) is 40.0 Å². The number of halogens is 3. The number of alkyl halides is 3. The summed E-state index contributed by atoms with van der Waals surface area (Å²) in [6.07, 6.45) is -1.89. The molecule has 0 aliphatic rings. The van der Waals surface area contributed by atoms with Crippen LogP contribution < -0.4 is 0 Å². The van der Waals surface area contributed by atoms with Crippen molar-refractivity contribution < 1.29 is 13.2 Å². The Hall–Kier alpha value is -0.210. The predicted octanol–water partition coefficient (Wildman–Crippen LogP) is 4.01. The molecule has 0 aliphatic carbocycles. The molecule has 0 nitrogen and oxygen atoms in total. The molecule has 0 spiro atoms. The van der Waals surface area contributed by atoms with Crippen molar-refractivity contribution in [2.24, 2.45) is 11.8 Å². The molecule has 0 N–H and O–H groups in total. The molecule has 0 aromatic carbocycles. The zero-order valence-electron chi connectivity index (χ0n) is 7.91. The Morgan fingerprint density at radius 2 is 1.67 bits per heavy atom. The van der Waals surface area contributed by atoms with E-state index in [9.17, 15) is 13.2 Å². The van der Waals surface area contributed by atoms with Crippen LogP contribution in [0.1, 0.15) is 40.0 Å². The van der Waals surface area contributed by atoms with Crippen LogP contribution in [0, 0.1) is 11.8 Å². The second-order valence-electron chi connectivity index (χ2n) is 3.29. The number of hydrogen-bond donors (Lipinski definition) is 0. The Bertz CT molecular complexity index is 117. The summed E-state index contributed by atoms with van der Waals surface area (Å²) in [5.74, 6) is -1.35. The molecule has 3 heteroatoms. The first kappa shape index (κ1) is 11.8. The maximum atomic E-state index is 12.2. The monoisotopic (exact) mass is 182 g/mol. The SMILES string of the molecule is CCCC(CC)C(C)C(F)(F)F. The van der Waals surface area contributed by atoms with Gasteiger partial charge in [0.25, 0.3) is 0 Å². The van der Waals surface area contributed by atoms with Gasteiger partial charge in [-0.05, 0) is 5.92 Å². The van der Waals surface area contributed by atoms with Crippen molar-refractivity contribution >= 4 is 0 Å². The molecule has 0 saturated carbocycles. The standard InChI is InChI=1S/C9H17F3/c1-4-6-8(5-2)7(3)9(10,11)12/h7-8H,4-6H2,1-3H3. The third kappa shape index (κ3) is 3.46. The molecule has 0 fully saturated rings. The van der Waals surface area contributed by atoms with E-state index in [2.05, 4.69) is 0 Å². The molecule has 2 atom stereocenters. The van der Waals surface area contributed by atoms with Crippen LogP contribution in [0.15, 0.2) is 0 Å². The van der Waals surface area contributed by atoms with Crippen molar-refractivity contribution in [1.82, 2.24) is 0 Å². The van der Waals surface area contributed by atoms with E-state index < -0.39 is 12.1 Å². The minimum atomic E-state index is -4.02. The van der Waals surface area contributed by atoms with Gasteiger partial charge in [-0.15, -0.1) is 0 Å². The average Bonchev–Trinajstić information content (AvgIpc) is 1.97. The summed E-state index contributed by atoms with van der Waals surface area (Å²) >= 11 is 0. The van der Waals surface area contributed by atoms with E-state index in [1.54, 1.807) is 0 Å². The van der Waals surface area contributed by atoms with E-state index >= 15 is 0 Å². The van der Waals surface area contributed by atoms with Gasteiger partial charge in [0.1, 0.15) is 0 Å². The highest BCUT2D eigenvalue weighted by molar-refractivity contribution is 4.71. The Kier molecular flexibility index (Phi) is 4.64. The third-order valence-corrected chi connectivity index (χ3v) is 2.41. The zero-order valence-corrected chi connectivity index (χ0v) is 7.91. The third-order valence-electron chi connectivity index (χ3n) is 2.41. The van der Waals surface area contributed by atoms with Crippen LogP contribution >= 0.6 is 0 Å².